The van der Waals surface area contributed by atoms with Crippen molar-refractivity contribution in [3.8, 4) is 0 Å². The Hall–Kier alpha value is -1.88. The van der Waals surface area contributed by atoms with Gasteiger partial charge in [-0.05, 0) is 26.0 Å². The summed E-state index contributed by atoms with van der Waals surface area (Å²) in [7, 11) is -4.06. The van der Waals surface area contributed by atoms with Crippen molar-refractivity contribution in [1.29, 1.82) is 0 Å². The fraction of sp³-hybridized carbons (Fsp3) is 0.333. The van der Waals surface area contributed by atoms with Crippen molar-refractivity contribution >= 4 is 27.3 Å². The Kier molecular flexibility index (Phi) is 4.53. The van der Waals surface area contributed by atoms with Gasteiger partial charge < -0.3 is 0 Å². The molecule has 2 rings (SSSR count). The molecule has 11 heteroatoms. The van der Waals surface area contributed by atoms with Crippen LogP contribution in [0.1, 0.15) is 15.4 Å². The van der Waals surface area contributed by atoms with E-state index in [1.807, 2.05) is 4.72 Å². The maximum absolute atomic E-state index is 12.4. The predicted octanol–water partition coefficient (Wildman–Crippen LogP) is 2.09. The van der Waals surface area contributed by atoms with E-state index in [0.717, 1.165) is 15.8 Å². The van der Waals surface area contributed by atoms with Crippen LogP contribution in [0.25, 0.3) is 0 Å². The number of sulfonamides is 1. The number of alkyl halides is 3. The second-order valence-electron chi connectivity index (χ2n) is 4.70. The van der Waals surface area contributed by atoms with Gasteiger partial charge in [0, 0.05) is 16.0 Å². The van der Waals surface area contributed by atoms with E-state index in [9.17, 15) is 26.4 Å². The third kappa shape index (κ3) is 4.10. The second kappa shape index (κ2) is 5.96. The molecule has 0 bridgehead atoms. The number of aromatic nitrogens is 2. The molecule has 1 N–H and O–H groups in total. The van der Waals surface area contributed by atoms with E-state index < -0.39 is 34.3 Å². The number of aryl methyl sites for hydroxylation is 2. The summed E-state index contributed by atoms with van der Waals surface area (Å²) in [6.07, 6.45) is -3.67. The van der Waals surface area contributed by atoms with Crippen LogP contribution in [0, 0.1) is 13.8 Å². The van der Waals surface area contributed by atoms with E-state index in [1.165, 1.54) is 17.4 Å². The van der Waals surface area contributed by atoms with Gasteiger partial charge in [-0.25, -0.2) is 13.1 Å². The fourth-order valence-corrected chi connectivity index (χ4v) is 4.39. The first-order chi connectivity index (χ1) is 10.5. The summed E-state index contributed by atoms with van der Waals surface area (Å²) in [4.78, 5) is 13.0. The highest BCUT2D eigenvalue weighted by Crippen LogP contribution is 2.27. The summed E-state index contributed by atoms with van der Waals surface area (Å²) in [5, 5.41) is 3.18. The number of thiophene rings is 1. The molecule has 0 spiro atoms. The number of nitrogens with one attached hydrogen (secondary N) is 1. The molecule has 0 saturated heterocycles. The Morgan fingerprint density at radius 2 is 2.04 bits per heavy atom. The molecule has 0 aliphatic carbocycles. The molecule has 2 aromatic rings. The minimum atomic E-state index is -4.63. The lowest BCUT2D eigenvalue weighted by Crippen LogP contribution is -2.33. The average Bonchev–Trinajstić information content (AvgIpc) is 2.94. The van der Waals surface area contributed by atoms with Crippen LogP contribution in [0.2, 0.25) is 0 Å². The number of halogens is 3. The highest BCUT2D eigenvalue weighted by atomic mass is 32.2. The van der Waals surface area contributed by atoms with Crippen LogP contribution >= 0.6 is 11.3 Å². The van der Waals surface area contributed by atoms with Crippen molar-refractivity contribution in [2.75, 3.05) is 0 Å². The Morgan fingerprint density at radius 3 is 2.52 bits per heavy atom. The largest absolute Gasteiger partial charge is 0.435 e. The summed E-state index contributed by atoms with van der Waals surface area (Å²) >= 11 is 1.26. The smallest absolute Gasteiger partial charge is 0.272 e. The molecule has 23 heavy (non-hydrogen) atoms. The molecule has 0 radical (unpaired) electrons. The molecule has 0 atom stereocenters. The van der Waals surface area contributed by atoms with Crippen molar-refractivity contribution in [2.24, 2.45) is 0 Å². The van der Waals surface area contributed by atoms with Gasteiger partial charge in [0.05, 0.1) is 0 Å². The standard InChI is InChI=1S/C12H12F3N3O3S2/c1-7-5-9(8(2)22-7)23(20,21)17-11(19)6-18-4-3-10(16-18)12(13,14)15/h3-5H,6H2,1-2H3,(H,17,19). The molecule has 2 aromatic heterocycles. The summed E-state index contributed by atoms with van der Waals surface area (Å²) < 4.78 is 64.0. The van der Waals surface area contributed by atoms with Crippen LogP contribution in [-0.2, 0) is 27.5 Å². The molecule has 1 amide bonds. The Morgan fingerprint density at radius 1 is 1.39 bits per heavy atom. The van der Waals surface area contributed by atoms with Gasteiger partial charge >= 0.3 is 6.18 Å². The van der Waals surface area contributed by atoms with E-state index in [1.54, 1.807) is 13.8 Å². The Balaban J connectivity index is 2.10. The molecule has 0 unspecified atom stereocenters. The van der Waals surface area contributed by atoms with Crippen LogP contribution in [0.5, 0.6) is 0 Å². The van der Waals surface area contributed by atoms with E-state index in [0.29, 0.717) is 10.9 Å². The third-order valence-corrected chi connectivity index (χ3v) is 5.36. The first-order valence-electron chi connectivity index (χ1n) is 6.22. The lowest BCUT2D eigenvalue weighted by molar-refractivity contribution is -0.141. The molecule has 126 valence electrons. The third-order valence-electron chi connectivity index (χ3n) is 2.77. The second-order valence-corrected chi connectivity index (χ2v) is 7.81. The molecular weight excluding hydrogens is 355 g/mol. The van der Waals surface area contributed by atoms with Gasteiger partial charge in [0.15, 0.2) is 5.69 Å². The maximum Gasteiger partial charge on any atom is 0.435 e. The number of carbonyl (C=O) groups excluding carboxylic acids is 1. The monoisotopic (exact) mass is 367 g/mol. The number of carbonyl (C=O) groups is 1. The number of hydrogen-bond acceptors (Lipinski definition) is 5. The van der Waals surface area contributed by atoms with Crippen LogP contribution in [0.3, 0.4) is 0 Å². The van der Waals surface area contributed by atoms with Crippen LogP contribution in [-0.4, -0.2) is 24.1 Å². The highest BCUT2D eigenvalue weighted by molar-refractivity contribution is 7.90. The number of amides is 1. The van der Waals surface area contributed by atoms with Gasteiger partial charge in [0.1, 0.15) is 11.4 Å². The summed E-state index contributed by atoms with van der Waals surface area (Å²) in [5.74, 6) is -0.981. The Bertz CT molecular complexity index is 837. The van der Waals surface area contributed by atoms with Crippen LogP contribution in [0.4, 0.5) is 13.2 Å². The molecule has 0 saturated carbocycles. The minimum absolute atomic E-state index is 0.0233. The minimum Gasteiger partial charge on any atom is -0.272 e. The molecule has 0 aliphatic heterocycles. The van der Waals surface area contributed by atoms with Gasteiger partial charge in [-0.2, -0.15) is 18.3 Å². The van der Waals surface area contributed by atoms with Gasteiger partial charge in [-0.3, -0.25) is 9.48 Å². The van der Waals surface area contributed by atoms with Crippen molar-refractivity contribution in [2.45, 2.75) is 31.5 Å². The average molecular weight is 367 g/mol. The molecule has 0 aliphatic rings. The quantitative estimate of drug-likeness (QED) is 0.897. The van der Waals surface area contributed by atoms with E-state index in [4.69, 9.17) is 0 Å². The SMILES string of the molecule is Cc1cc(S(=O)(=O)NC(=O)Cn2ccc(C(F)(F)F)n2)c(C)s1. The van der Waals surface area contributed by atoms with Crippen molar-refractivity contribution in [3.05, 3.63) is 33.8 Å². The van der Waals surface area contributed by atoms with Crippen molar-refractivity contribution in [1.82, 2.24) is 14.5 Å². The molecule has 2 heterocycles. The molecule has 6 nitrogen and oxygen atoms in total. The van der Waals surface area contributed by atoms with E-state index in [-0.39, 0.29) is 4.90 Å². The highest BCUT2D eigenvalue weighted by Gasteiger charge is 2.33. The van der Waals surface area contributed by atoms with Crippen LogP contribution in [0.15, 0.2) is 23.2 Å². The summed E-state index contributed by atoms with van der Waals surface area (Å²) in [6.45, 7) is 2.68. The summed E-state index contributed by atoms with van der Waals surface area (Å²) in [5.41, 5.74) is -1.16. The van der Waals surface area contributed by atoms with Gasteiger partial charge in [0.25, 0.3) is 15.9 Å². The van der Waals surface area contributed by atoms with Crippen molar-refractivity contribution in [3.63, 3.8) is 0 Å². The number of nitrogens with zero attached hydrogens (tertiary/aromatic N) is 2. The maximum atomic E-state index is 12.4. The fourth-order valence-electron chi connectivity index (χ4n) is 1.86. The number of rotatable bonds is 4. The van der Waals surface area contributed by atoms with Gasteiger partial charge in [-0.1, -0.05) is 0 Å². The normalized spacial score (nSPS) is 12.4. The summed E-state index contributed by atoms with van der Waals surface area (Å²) in [6, 6.07) is 2.12. The van der Waals surface area contributed by atoms with E-state index >= 15 is 0 Å². The predicted molar refractivity (Wildman–Crippen MR) is 76.4 cm³/mol. The van der Waals surface area contributed by atoms with E-state index in [2.05, 4.69) is 5.10 Å². The molecule has 0 aromatic carbocycles. The van der Waals surface area contributed by atoms with Gasteiger partial charge in [-0.15, -0.1) is 11.3 Å². The topological polar surface area (TPSA) is 81.1 Å². The Labute approximate surface area is 134 Å². The lowest BCUT2D eigenvalue weighted by Gasteiger charge is -2.07. The van der Waals surface area contributed by atoms with Gasteiger partial charge in [0.2, 0.25) is 0 Å². The first-order valence-corrected chi connectivity index (χ1v) is 8.52. The first kappa shape index (κ1) is 17.5. The number of hydrogen-bond donors (Lipinski definition) is 1. The van der Waals surface area contributed by atoms with Crippen LogP contribution < -0.4 is 4.72 Å². The van der Waals surface area contributed by atoms with Crippen molar-refractivity contribution < 1.29 is 26.4 Å². The molecular formula is C12H12F3N3O3S2. The molecule has 0 fully saturated rings. The zero-order chi connectivity index (χ0) is 17.4. The lowest BCUT2D eigenvalue weighted by atomic mass is 10.4. The zero-order valence-corrected chi connectivity index (χ0v) is 13.6. The zero-order valence-electron chi connectivity index (χ0n) is 12.0.